The van der Waals surface area contributed by atoms with Crippen LogP contribution in [-0.4, -0.2) is 22.8 Å². The van der Waals surface area contributed by atoms with Gasteiger partial charge in [0, 0.05) is 41.9 Å². The van der Waals surface area contributed by atoms with E-state index in [0.29, 0.717) is 12.5 Å². The third-order valence-electron chi connectivity index (χ3n) is 6.18. The third-order valence-corrected chi connectivity index (χ3v) is 6.18. The van der Waals surface area contributed by atoms with E-state index in [0.717, 1.165) is 42.5 Å². The zero-order valence-corrected chi connectivity index (χ0v) is 16.0. The summed E-state index contributed by atoms with van der Waals surface area (Å²) in [6.07, 6.45) is 8.10. The standard InChI is InChI=1S/C23H26N2O3/c26-23(17-7-3-1-4-8-17)16-20-12-11-18-15-21(25(27)28)13-14-22(18)24(20)19-9-5-2-6-10-19/h1,3-4,7-8,13-15,19-20H,2,5-6,9-12,16H2/t20-/m0/s1. The maximum absolute atomic E-state index is 12.9. The summed E-state index contributed by atoms with van der Waals surface area (Å²) in [5.74, 6) is 0.178. The lowest BCUT2D eigenvalue weighted by atomic mass is 9.86. The summed E-state index contributed by atoms with van der Waals surface area (Å²) in [7, 11) is 0. The van der Waals surface area contributed by atoms with Crippen LogP contribution in [0.3, 0.4) is 0 Å². The topological polar surface area (TPSA) is 63.4 Å². The van der Waals surface area contributed by atoms with Gasteiger partial charge in [0.2, 0.25) is 0 Å². The number of fused-ring (bicyclic) bond motifs is 1. The summed E-state index contributed by atoms with van der Waals surface area (Å²) in [5.41, 5.74) is 3.06. The molecule has 1 aliphatic carbocycles. The van der Waals surface area contributed by atoms with Crippen molar-refractivity contribution >= 4 is 17.2 Å². The number of aryl methyl sites for hydroxylation is 1. The van der Waals surface area contributed by atoms with E-state index >= 15 is 0 Å². The van der Waals surface area contributed by atoms with E-state index in [2.05, 4.69) is 4.90 Å². The Morgan fingerprint density at radius 1 is 1.04 bits per heavy atom. The van der Waals surface area contributed by atoms with Gasteiger partial charge in [0.1, 0.15) is 0 Å². The number of carbonyl (C=O) groups excluding carboxylic acids is 1. The summed E-state index contributed by atoms with van der Waals surface area (Å²) in [6, 6.07) is 15.3. The normalized spacial score (nSPS) is 19.9. The first-order chi connectivity index (χ1) is 13.6. The maximum atomic E-state index is 12.9. The maximum Gasteiger partial charge on any atom is 0.269 e. The molecule has 2 aliphatic rings. The molecule has 1 fully saturated rings. The number of anilines is 1. The van der Waals surface area contributed by atoms with Gasteiger partial charge in [-0.2, -0.15) is 0 Å². The largest absolute Gasteiger partial charge is 0.365 e. The molecule has 1 atom stereocenters. The fraction of sp³-hybridized carbons (Fsp3) is 0.435. The molecule has 0 spiro atoms. The lowest BCUT2D eigenvalue weighted by Crippen LogP contribution is -2.48. The van der Waals surface area contributed by atoms with Crippen molar-refractivity contribution in [3.8, 4) is 0 Å². The summed E-state index contributed by atoms with van der Waals surface area (Å²) in [5, 5.41) is 11.2. The summed E-state index contributed by atoms with van der Waals surface area (Å²) >= 11 is 0. The van der Waals surface area contributed by atoms with Gasteiger partial charge >= 0.3 is 0 Å². The number of nitrogens with zero attached hydrogens (tertiary/aromatic N) is 2. The number of rotatable bonds is 5. The van der Waals surface area contributed by atoms with Crippen LogP contribution in [-0.2, 0) is 6.42 Å². The Kier molecular flexibility index (Phi) is 5.42. The molecule has 0 amide bonds. The molecule has 0 N–H and O–H groups in total. The molecular formula is C23H26N2O3. The molecule has 1 saturated carbocycles. The van der Waals surface area contributed by atoms with E-state index < -0.39 is 0 Å². The lowest BCUT2D eigenvalue weighted by Gasteiger charge is -2.45. The van der Waals surface area contributed by atoms with Gasteiger partial charge in [-0.3, -0.25) is 14.9 Å². The number of carbonyl (C=O) groups is 1. The average molecular weight is 378 g/mol. The van der Waals surface area contributed by atoms with Crippen molar-refractivity contribution < 1.29 is 9.72 Å². The fourth-order valence-corrected chi connectivity index (χ4v) is 4.81. The van der Waals surface area contributed by atoms with Gasteiger partial charge in [-0.25, -0.2) is 0 Å². The molecule has 28 heavy (non-hydrogen) atoms. The van der Waals surface area contributed by atoms with Crippen LogP contribution in [0.2, 0.25) is 0 Å². The molecule has 146 valence electrons. The summed E-state index contributed by atoms with van der Waals surface area (Å²) in [6.45, 7) is 0. The third kappa shape index (κ3) is 3.79. The Labute approximate surface area is 165 Å². The van der Waals surface area contributed by atoms with Crippen LogP contribution < -0.4 is 4.90 Å². The minimum absolute atomic E-state index is 0.154. The number of nitro benzene ring substituents is 1. The summed E-state index contributed by atoms with van der Waals surface area (Å²) < 4.78 is 0. The highest BCUT2D eigenvalue weighted by atomic mass is 16.6. The van der Waals surface area contributed by atoms with Crippen molar-refractivity contribution in [3.05, 3.63) is 69.8 Å². The highest BCUT2D eigenvalue weighted by molar-refractivity contribution is 5.96. The quantitative estimate of drug-likeness (QED) is 0.401. The number of hydrogen-bond acceptors (Lipinski definition) is 4. The fourth-order valence-electron chi connectivity index (χ4n) is 4.81. The van der Waals surface area contributed by atoms with Crippen molar-refractivity contribution in [2.75, 3.05) is 4.90 Å². The molecule has 2 aromatic carbocycles. The molecule has 1 aliphatic heterocycles. The monoisotopic (exact) mass is 378 g/mol. The predicted octanol–water partition coefficient (Wildman–Crippen LogP) is 5.32. The van der Waals surface area contributed by atoms with Gasteiger partial charge in [0.25, 0.3) is 5.69 Å². The van der Waals surface area contributed by atoms with Crippen LogP contribution in [0.5, 0.6) is 0 Å². The molecule has 4 rings (SSSR count). The average Bonchev–Trinajstić information content (AvgIpc) is 2.74. The zero-order valence-electron chi connectivity index (χ0n) is 16.0. The van der Waals surface area contributed by atoms with Crippen LogP contribution in [0.25, 0.3) is 0 Å². The Morgan fingerprint density at radius 2 is 1.79 bits per heavy atom. The molecule has 5 heteroatoms. The number of Topliss-reactive ketones (excluding diaryl/α,β-unsaturated/α-hetero) is 1. The number of non-ortho nitro benzene ring substituents is 1. The van der Waals surface area contributed by atoms with Gasteiger partial charge in [-0.15, -0.1) is 0 Å². The van der Waals surface area contributed by atoms with E-state index in [-0.39, 0.29) is 22.4 Å². The number of benzene rings is 2. The van der Waals surface area contributed by atoms with Crippen LogP contribution in [0.1, 0.15) is 60.9 Å². The van der Waals surface area contributed by atoms with Crippen LogP contribution in [0.15, 0.2) is 48.5 Å². The van der Waals surface area contributed by atoms with Crippen molar-refractivity contribution in [1.29, 1.82) is 0 Å². The Balaban J connectivity index is 1.64. The minimum Gasteiger partial charge on any atom is -0.365 e. The lowest BCUT2D eigenvalue weighted by molar-refractivity contribution is -0.384. The van der Waals surface area contributed by atoms with Crippen LogP contribution in [0, 0.1) is 10.1 Å². The van der Waals surface area contributed by atoms with Gasteiger partial charge < -0.3 is 4.90 Å². The van der Waals surface area contributed by atoms with Gasteiger partial charge in [-0.05, 0) is 37.3 Å². The highest BCUT2D eigenvalue weighted by Gasteiger charge is 2.34. The Hall–Kier alpha value is -2.69. The van der Waals surface area contributed by atoms with E-state index in [9.17, 15) is 14.9 Å². The van der Waals surface area contributed by atoms with Crippen LogP contribution in [0.4, 0.5) is 11.4 Å². The first kappa shape index (κ1) is 18.7. The molecule has 0 saturated heterocycles. The number of nitro groups is 1. The zero-order chi connectivity index (χ0) is 19.5. The van der Waals surface area contributed by atoms with E-state index in [1.807, 2.05) is 36.4 Å². The second-order valence-corrected chi connectivity index (χ2v) is 7.96. The molecule has 0 radical (unpaired) electrons. The van der Waals surface area contributed by atoms with Crippen LogP contribution >= 0.6 is 0 Å². The molecule has 5 nitrogen and oxygen atoms in total. The molecule has 1 heterocycles. The second-order valence-electron chi connectivity index (χ2n) is 7.96. The molecule has 0 aromatic heterocycles. The van der Waals surface area contributed by atoms with Gasteiger partial charge in [-0.1, -0.05) is 49.6 Å². The van der Waals surface area contributed by atoms with Crippen molar-refractivity contribution in [2.45, 2.75) is 63.5 Å². The smallest absolute Gasteiger partial charge is 0.269 e. The summed E-state index contributed by atoms with van der Waals surface area (Å²) in [4.78, 5) is 26.2. The predicted molar refractivity (Wildman–Crippen MR) is 110 cm³/mol. The second kappa shape index (κ2) is 8.13. The van der Waals surface area contributed by atoms with Gasteiger partial charge in [0.05, 0.1) is 4.92 Å². The minimum atomic E-state index is -0.323. The number of ketones is 1. The Morgan fingerprint density at radius 3 is 2.50 bits per heavy atom. The number of hydrogen-bond donors (Lipinski definition) is 0. The molecular weight excluding hydrogens is 352 g/mol. The molecule has 2 aromatic rings. The van der Waals surface area contributed by atoms with Gasteiger partial charge in [0.15, 0.2) is 5.78 Å². The van der Waals surface area contributed by atoms with Crippen molar-refractivity contribution in [1.82, 2.24) is 0 Å². The van der Waals surface area contributed by atoms with E-state index in [4.69, 9.17) is 0 Å². The Bertz CT molecular complexity index is 859. The molecule has 0 bridgehead atoms. The van der Waals surface area contributed by atoms with E-state index in [1.165, 1.54) is 19.3 Å². The first-order valence-electron chi connectivity index (χ1n) is 10.3. The van der Waals surface area contributed by atoms with Crippen molar-refractivity contribution in [2.24, 2.45) is 0 Å². The molecule has 0 unspecified atom stereocenters. The highest BCUT2D eigenvalue weighted by Crippen LogP contribution is 2.39. The SMILES string of the molecule is O=C(C[C@@H]1CCc2cc([N+](=O)[O-])ccc2N1C1CCCCC1)c1ccccc1. The van der Waals surface area contributed by atoms with E-state index in [1.54, 1.807) is 12.1 Å². The van der Waals surface area contributed by atoms with Crippen molar-refractivity contribution in [3.63, 3.8) is 0 Å². The first-order valence-corrected chi connectivity index (χ1v) is 10.3.